The van der Waals surface area contributed by atoms with Crippen LogP contribution in [0.5, 0.6) is 0 Å². The van der Waals surface area contributed by atoms with E-state index in [2.05, 4.69) is 5.32 Å². The normalized spacial score (nSPS) is 14.0. The van der Waals surface area contributed by atoms with Crippen molar-refractivity contribution in [3.8, 4) is 0 Å². The number of cyclic esters (lactones) is 1. The summed E-state index contributed by atoms with van der Waals surface area (Å²) in [5.41, 5.74) is 3.03. The van der Waals surface area contributed by atoms with E-state index in [9.17, 15) is 9.59 Å². The largest absolute Gasteiger partial charge is 0.460 e. The molecule has 2 amide bonds. The number of rotatable bonds is 5. The Morgan fingerprint density at radius 1 is 1.21 bits per heavy atom. The highest BCUT2D eigenvalue weighted by Gasteiger charge is 2.23. The van der Waals surface area contributed by atoms with Crippen molar-refractivity contribution in [1.29, 1.82) is 0 Å². The summed E-state index contributed by atoms with van der Waals surface area (Å²) in [5, 5.41) is 3.82. The first kappa shape index (κ1) is 17.9. The summed E-state index contributed by atoms with van der Waals surface area (Å²) in [7, 11) is 0. The Morgan fingerprint density at radius 3 is 2.86 bits per heavy atom. The van der Waals surface area contributed by atoms with Crippen LogP contribution in [0.3, 0.4) is 0 Å². The average molecular weight is 376 g/mol. The van der Waals surface area contributed by atoms with Crippen LogP contribution in [0.25, 0.3) is 17.0 Å². The minimum absolute atomic E-state index is 0.256. The van der Waals surface area contributed by atoms with Gasteiger partial charge in [0.1, 0.15) is 18.0 Å². The smallest absolute Gasteiger partial charge is 0.414 e. The minimum atomic E-state index is -0.373. The van der Waals surface area contributed by atoms with Crippen LogP contribution in [0.15, 0.2) is 59.0 Å². The Labute approximate surface area is 162 Å². The molecule has 6 nitrogen and oxygen atoms in total. The van der Waals surface area contributed by atoms with Gasteiger partial charge in [-0.15, -0.1) is 0 Å². The number of furan rings is 1. The van der Waals surface area contributed by atoms with E-state index in [0.717, 1.165) is 28.7 Å². The maximum Gasteiger partial charge on any atom is 0.414 e. The molecular formula is C22H20N2O4. The van der Waals surface area contributed by atoms with Gasteiger partial charge in [0.25, 0.3) is 0 Å². The molecule has 0 spiro atoms. The van der Waals surface area contributed by atoms with E-state index >= 15 is 0 Å². The molecule has 4 rings (SSSR count). The van der Waals surface area contributed by atoms with Gasteiger partial charge in [-0.1, -0.05) is 31.2 Å². The van der Waals surface area contributed by atoms with Gasteiger partial charge in [-0.2, -0.15) is 0 Å². The number of hydrogen-bond donors (Lipinski definition) is 1. The van der Waals surface area contributed by atoms with Crippen LogP contribution in [0.4, 0.5) is 16.2 Å². The third kappa shape index (κ3) is 3.49. The van der Waals surface area contributed by atoms with E-state index in [0.29, 0.717) is 24.5 Å². The van der Waals surface area contributed by atoms with Gasteiger partial charge in [0.15, 0.2) is 0 Å². The van der Waals surface area contributed by atoms with Crippen molar-refractivity contribution in [3.63, 3.8) is 0 Å². The number of ether oxygens (including phenoxy) is 1. The maximum atomic E-state index is 12.4. The molecule has 2 aromatic carbocycles. The van der Waals surface area contributed by atoms with Gasteiger partial charge in [-0.25, -0.2) is 4.79 Å². The first-order valence-corrected chi connectivity index (χ1v) is 9.19. The fourth-order valence-electron chi connectivity index (χ4n) is 3.28. The highest BCUT2D eigenvalue weighted by molar-refractivity contribution is 6.04. The number of carbonyl (C=O) groups excluding carboxylic acids is 2. The van der Waals surface area contributed by atoms with Gasteiger partial charge < -0.3 is 14.5 Å². The van der Waals surface area contributed by atoms with Crippen molar-refractivity contribution < 1.29 is 18.7 Å². The molecule has 0 saturated carbocycles. The number of para-hydroxylation sites is 1. The highest BCUT2D eigenvalue weighted by atomic mass is 16.6. The zero-order valence-electron chi connectivity index (χ0n) is 15.5. The summed E-state index contributed by atoms with van der Waals surface area (Å²) in [6.07, 6.45) is 3.64. The third-order valence-corrected chi connectivity index (χ3v) is 4.62. The van der Waals surface area contributed by atoms with Crippen molar-refractivity contribution in [2.75, 3.05) is 23.4 Å². The third-order valence-electron chi connectivity index (χ3n) is 4.62. The molecule has 0 unspecified atom stereocenters. The van der Waals surface area contributed by atoms with E-state index in [-0.39, 0.29) is 12.0 Å². The molecule has 1 aromatic heterocycles. The molecule has 1 aliphatic heterocycles. The molecule has 1 fully saturated rings. The SMILES string of the molecule is CCc1oc2ccccc2c1/C=C/C(=O)Nc1cccc(N2CCOC2=O)c1. The number of amides is 2. The second kappa shape index (κ2) is 7.60. The van der Waals surface area contributed by atoms with Crippen molar-refractivity contribution in [1.82, 2.24) is 0 Å². The lowest BCUT2D eigenvalue weighted by Crippen LogP contribution is -2.23. The summed E-state index contributed by atoms with van der Waals surface area (Å²) in [6.45, 7) is 2.89. The number of nitrogens with one attached hydrogen (secondary N) is 1. The summed E-state index contributed by atoms with van der Waals surface area (Å²) in [6, 6.07) is 14.9. The minimum Gasteiger partial charge on any atom is -0.460 e. The molecule has 0 aliphatic carbocycles. The van der Waals surface area contributed by atoms with Crippen LogP contribution in [0.2, 0.25) is 0 Å². The lowest BCUT2D eigenvalue weighted by atomic mass is 10.1. The first-order chi connectivity index (χ1) is 13.7. The lowest BCUT2D eigenvalue weighted by molar-refractivity contribution is -0.111. The molecule has 0 radical (unpaired) electrons. The molecule has 3 aromatic rings. The number of hydrogen-bond acceptors (Lipinski definition) is 4. The molecule has 6 heteroatoms. The van der Waals surface area contributed by atoms with Crippen LogP contribution >= 0.6 is 0 Å². The van der Waals surface area contributed by atoms with Crippen LogP contribution in [0, 0.1) is 0 Å². The second-order valence-corrected chi connectivity index (χ2v) is 6.43. The number of fused-ring (bicyclic) bond motifs is 1. The van der Waals surface area contributed by atoms with E-state index in [1.807, 2.05) is 37.3 Å². The van der Waals surface area contributed by atoms with Crippen molar-refractivity contribution in [2.45, 2.75) is 13.3 Å². The highest BCUT2D eigenvalue weighted by Crippen LogP contribution is 2.27. The summed E-state index contributed by atoms with van der Waals surface area (Å²) >= 11 is 0. The number of carbonyl (C=O) groups is 2. The number of aryl methyl sites for hydroxylation is 1. The second-order valence-electron chi connectivity index (χ2n) is 6.43. The van der Waals surface area contributed by atoms with Crippen molar-refractivity contribution in [3.05, 3.63) is 65.9 Å². The van der Waals surface area contributed by atoms with Crippen LogP contribution < -0.4 is 10.2 Å². The van der Waals surface area contributed by atoms with Crippen LogP contribution in [-0.2, 0) is 16.0 Å². The fourth-order valence-corrected chi connectivity index (χ4v) is 3.28. The first-order valence-electron chi connectivity index (χ1n) is 9.19. The topological polar surface area (TPSA) is 71.8 Å². The number of benzene rings is 2. The zero-order chi connectivity index (χ0) is 19.5. The predicted molar refractivity (Wildman–Crippen MR) is 108 cm³/mol. The van der Waals surface area contributed by atoms with Crippen molar-refractivity contribution >= 4 is 40.4 Å². The Balaban J connectivity index is 1.52. The fraction of sp³-hybridized carbons (Fsp3) is 0.182. The Morgan fingerprint density at radius 2 is 2.07 bits per heavy atom. The van der Waals surface area contributed by atoms with Gasteiger partial charge in [0.2, 0.25) is 5.91 Å². The standard InChI is InChI=1S/C22H20N2O4/c1-2-19-18(17-8-3-4-9-20(17)28-19)10-11-21(25)23-15-6-5-7-16(14-15)24-12-13-27-22(24)26/h3-11,14H,2,12-13H2,1H3,(H,23,25)/b11-10+. The van der Waals surface area contributed by atoms with E-state index in [4.69, 9.17) is 9.15 Å². The Hall–Kier alpha value is -3.54. The monoisotopic (exact) mass is 376 g/mol. The Kier molecular flexibility index (Phi) is 4.85. The van der Waals surface area contributed by atoms with E-state index in [1.165, 1.54) is 11.0 Å². The lowest BCUT2D eigenvalue weighted by Gasteiger charge is -2.13. The summed E-state index contributed by atoms with van der Waals surface area (Å²) in [4.78, 5) is 25.7. The summed E-state index contributed by atoms with van der Waals surface area (Å²) in [5.74, 6) is 0.591. The van der Waals surface area contributed by atoms with Gasteiger partial charge in [-0.3, -0.25) is 9.69 Å². The molecule has 28 heavy (non-hydrogen) atoms. The van der Waals surface area contributed by atoms with E-state index in [1.54, 1.807) is 24.3 Å². The zero-order valence-corrected chi connectivity index (χ0v) is 15.5. The maximum absolute atomic E-state index is 12.4. The van der Waals surface area contributed by atoms with Crippen molar-refractivity contribution in [2.24, 2.45) is 0 Å². The van der Waals surface area contributed by atoms with Crippen LogP contribution in [0.1, 0.15) is 18.2 Å². The van der Waals surface area contributed by atoms with Gasteiger partial charge in [-0.05, 0) is 30.3 Å². The Bertz CT molecular complexity index is 1070. The molecule has 0 bridgehead atoms. The number of anilines is 2. The molecule has 2 heterocycles. The molecule has 1 aliphatic rings. The number of nitrogens with zero attached hydrogens (tertiary/aromatic N) is 1. The summed E-state index contributed by atoms with van der Waals surface area (Å²) < 4.78 is 10.8. The molecule has 1 N–H and O–H groups in total. The molecule has 1 saturated heterocycles. The van der Waals surface area contributed by atoms with E-state index < -0.39 is 0 Å². The average Bonchev–Trinajstić information content (AvgIpc) is 3.29. The molecule has 0 atom stereocenters. The van der Waals surface area contributed by atoms with Gasteiger partial charge in [0.05, 0.1) is 6.54 Å². The molecular weight excluding hydrogens is 356 g/mol. The van der Waals surface area contributed by atoms with Crippen LogP contribution in [-0.4, -0.2) is 25.2 Å². The quantitative estimate of drug-likeness (QED) is 0.661. The predicted octanol–water partition coefficient (Wildman–Crippen LogP) is 4.60. The van der Waals surface area contributed by atoms with Gasteiger partial charge in [0, 0.05) is 34.8 Å². The molecule has 142 valence electrons. The van der Waals surface area contributed by atoms with Gasteiger partial charge >= 0.3 is 6.09 Å².